The molecule has 1 amide bonds. The third kappa shape index (κ3) is 4.63. The standard InChI is InChI=1S/C17H17ClN2O4/c1-23-13-6-4-12(5-7-13)19-10-16(21)20-15-9-11(17(22)24-2)3-8-14(15)18/h3-9,19H,10H2,1-2H3,(H,20,21). The number of esters is 1. The Labute approximate surface area is 144 Å². The molecule has 24 heavy (non-hydrogen) atoms. The minimum absolute atomic E-state index is 0.0467. The van der Waals surface area contributed by atoms with Gasteiger partial charge in [0.15, 0.2) is 0 Å². The highest BCUT2D eigenvalue weighted by molar-refractivity contribution is 6.33. The van der Waals surface area contributed by atoms with Crippen LogP contribution in [0.3, 0.4) is 0 Å². The maximum atomic E-state index is 12.0. The topological polar surface area (TPSA) is 76.7 Å². The number of hydrogen-bond acceptors (Lipinski definition) is 5. The number of anilines is 2. The van der Waals surface area contributed by atoms with E-state index in [1.54, 1.807) is 31.4 Å². The second-order valence-corrected chi connectivity index (χ2v) is 5.22. The predicted octanol–water partition coefficient (Wildman–Crippen LogP) is 3.19. The molecule has 0 saturated carbocycles. The number of halogens is 1. The summed E-state index contributed by atoms with van der Waals surface area (Å²) in [4.78, 5) is 23.6. The molecule has 0 aliphatic carbocycles. The zero-order valence-corrected chi connectivity index (χ0v) is 14.0. The summed E-state index contributed by atoms with van der Waals surface area (Å²) < 4.78 is 9.71. The van der Waals surface area contributed by atoms with Gasteiger partial charge in [0.2, 0.25) is 5.91 Å². The summed E-state index contributed by atoms with van der Waals surface area (Å²) >= 11 is 6.04. The van der Waals surface area contributed by atoms with Crippen LogP contribution in [0.15, 0.2) is 42.5 Å². The number of ether oxygens (including phenoxy) is 2. The Kier molecular flexibility index (Phi) is 6.03. The number of methoxy groups -OCH3 is 2. The van der Waals surface area contributed by atoms with E-state index in [1.807, 2.05) is 0 Å². The molecular weight excluding hydrogens is 332 g/mol. The summed E-state index contributed by atoms with van der Waals surface area (Å²) in [6.07, 6.45) is 0. The van der Waals surface area contributed by atoms with Crippen LogP contribution < -0.4 is 15.4 Å². The van der Waals surface area contributed by atoms with Crippen LogP contribution in [0.4, 0.5) is 11.4 Å². The lowest BCUT2D eigenvalue weighted by Gasteiger charge is -2.10. The highest BCUT2D eigenvalue weighted by Crippen LogP contribution is 2.23. The van der Waals surface area contributed by atoms with Crippen LogP contribution >= 0.6 is 11.6 Å². The fraction of sp³-hybridized carbons (Fsp3) is 0.176. The van der Waals surface area contributed by atoms with Crippen molar-refractivity contribution in [2.24, 2.45) is 0 Å². The average Bonchev–Trinajstić information content (AvgIpc) is 2.61. The SMILES string of the molecule is COC(=O)c1ccc(Cl)c(NC(=O)CNc2ccc(OC)cc2)c1. The van der Waals surface area contributed by atoms with Crippen LogP contribution in [0, 0.1) is 0 Å². The number of nitrogens with one attached hydrogen (secondary N) is 2. The lowest BCUT2D eigenvalue weighted by molar-refractivity contribution is -0.114. The van der Waals surface area contributed by atoms with Gasteiger partial charge in [-0.15, -0.1) is 0 Å². The van der Waals surface area contributed by atoms with Crippen molar-refractivity contribution in [3.8, 4) is 5.75 Å². The van der Waals surface area contributed by atoms with Crippen LogP contribution in [0.2, 0.25) is 5.02 Å². The number of amides is 1. The van der Waals surface area contributed by atoms with Gasteiger partial charge in [0.1, 0.15) is 5.75 Å². The van der Waals surface area contributed by atoms with Crippen molar-refractivity contribution in [2.75, 3.05) is 31.4 Å². The monoisotopic (exact) mass is 348 g/mol. The molecule has 2 aromatic rings. The summed E-state index contributed by atoms with van der Waals surface area (Å²) in [5.74, 6) is -0.0651. The maximum Gasteiger partial charge on any atom is 0.337 e. The molecule has 2 N–H and O–H groups in total. The van der Waals surface area contributed by atoms with Crippen molar-refractivity contribution in [3.05, 3.63) is 53.1 Å². The van der Waals surface area contributed by atoms with E-state index < -0.39 is 5.97 Å². The molecule has 7 heteroatoms. The van der Waals surface area contributed by atoms with E-state index in [1.165, 1.54) is 25.3 Å². The minimum atomic E-state index is -0.501. The Morgan fingerprint density at radius 1 is 1.08 bits per heavy atom. The molecule has 0 aliphatic heterocycles. The Balaban J connectivity index is 1.97. The number of rotatable bonds is 6. The van der Waals surface area contributed by atoms with E-state index in [0.717, 1.165) is 11.4 Å². The lowest BCUT2D eigenvalue weighted by atomic mass is 10.2. The number of carbonyl (C=O) groups excluding carboxylic acids is 2. The Hall–Kier alpha value is -2.73. The van der Waals surface area contributed by atoms with Gasteiger partial charge in [-0.05, 0) is 42.5 Å². The molecule has 0 atom stereocenters. The van der Waals surface area contributed by atoms with Gasteiger partial charge in [-0.25, -0.2) is 4.79 Å². The zero-order chi connectivity index (χ0) is 17.5. The highest BCUT2D eigenvalue weighted by atomic mass is 35.5. The predicted molar refractivity (Wildman–Crippen MR) is 92.9 cm³/mol. The van der Waals surface area contributed by atoms with E-state index in [9.17, 15) is 9.59 Å². The molecule has 0 fully saturated rings. The molecule has 6 nitrogen and oxygen atoms in total. The molecule has 0 saturated heterocycles. The van der Waals surface area contributed by atoms with E-state index in [0.29, 0.717) is 16.3 Å². The van der Waals surface area contributed by atoms with E-state index in [-0.39, 0.29) is 12.5 Å². The van der Waals surface area contributed by atoms with Gasteiger partial charge in [-0.2, -0.15) is 0 Å². The first-order valence-electron chi connectivity index (χ1n) is 7.09. The van der Waals surface area contributed by atoms with Crippen LogP contribution in [0.25, 0.3) is 0 Å². The van der Waals surface area contributed by atoms with E-state index in [2.05, 4.69) is 15.4 Å². The number of benzene rings is 2. The summed E-state index contributed by atoms with van der Waals surface area (Å²) in [6.45, 7) is 0.0467. The molecule has 0 radical (unpaired) electrons. The van der Waals surface area contributed by atoms with Gasteiger partial charge in [0.05, 0.1) is 37.0 Å². The van der Waals surface area contributed by atoms with Gasteiger partial charge in [-0.3, -0.25) is 4.79 Å². The Morgan fingerprint density at radius 3 is 2.42 bits per heavy atom. The lowest BCUT2D eigenvalue weighted by Crippen LogP contribution is -2.22. The Bertz CT molecular complexity index is 732. The van der Waals surface area contributed by atoms with E-state index in [4.69, 9.17) is 16.3 Å². The minimum Gasteiger partial charge on any atom is -0.497 e. The van der Waals surface area contributed by atoms with Crippen molar-refractivity contribution in [2.45, 2.75) is 0 Å². The van der Waals surface area contributed by atoms with Gasteiger partial charge in [0, 0.05) is 5.69 Å². The average molecular weight is 349 g/mol. The Morgan fingerprint density at radius 2 is 1.79 bits per heavy atom. The van der Waals surface area contributed by atoms with Crippen molar-refractivity contribution in [1.82, 2.24) is 0 Å². The molecule has 0 aromatic heterocycles. The first-order chi connectivity index (χ1) is 11.5. The fourth-order valence-corrected chi connectivity index (χ4v) is 2.12. The molecule has 126 valence electrons. The van der Waals surface area contributed by atoms with Crippen LogP contribution in [0.5, 0.6) is 5.75 Å². The molecule has 0 bridgehead atoms. The molecule has 0 heterocycles. The quantitative estimate of drug-likeness (QED) is 0.784. The van der Waals surface area contributed by atoms with Crippen LogP contribution in [-0.2, 0) is 9.53 Å². The molecule has 0 unspecified atom stereocenters. The second-order valence-electron chi connectivity index (χ2n) is 4.82. The molecule has 2 rings (SSSR count). The molecule has 0 aliphatic rings. The second kappa shape index (κ2) is 8.21. The third-order valence-corrected chi connectivity index (χ3v) is 3.53. The summed E-state index contributed by atoms with van der Waals surface area (Å²) in [6, 6.07) is 11.7. The summed E-state index contributed by atoms with van der Waals surface area (Å²) in [5, 5.41) is 5.97. The maximum absolute atomic E-state index is 12.0. The first kappa shape index (κ1) is 17.6. The van der Waals surface area contributed by atoms with E-state index >= 15 is 0 Å². The van der Waals surface area contributed by atoms with Gasteiger partial charge >= 0.3 is 5.97 Å². The zero-order valence-electron chi connectivity index (χ0n) is 13.3. The largest absolute Gasteiger partial charge is 0.497 e. The smallest absolute Gasteiger partial charge is 0.337 e. The fourth-order valence-electron chi connectivity index (χ4n) is 1.95. The summed E-state index contributed by atoms with van der Waals surface area (Å²) in [7, 11) is 2.87. The van der Waals surface area contributed by atoms with Crippen molar-refractivity contribution in [1.29, 1.82) is 0 Å². The molecule has 0 spiro atoms. The van der Waals surface area contributed by atoms with Crippen molar-refractivity contribution >= 4 is 34.9 Å². The van der Waals surface area contributed by atoms with Crippen LogP contribution in [0.1, 0.15) is 10.4 Å². The summed E-state index contributed by atoms with van der Waals surface area (Å²) in [5.41, 5.74) is 1.43. The number of hydrogen-bond donors (Lipinski definition) is 2. The van der Waals surface area contributed by atoms with Crippen molar-refractivity contribution < 1.29 is 19.1 Å². The van der Waals surface area contributed by atoms with Gasteiger partial charge in [-0.1, -0.05) is 11.6 Å². The van der Waals surface area contributed by atoms with Gasteiger partial charge in [0.25, 0.3) is 0 Å². The van der Waals surface area contributed by atoms with Crippen molar-refractivity contribution in [3.63, 3.8) is 0 Å². The molecule has 2 aromatic carbocycles. The molecular formula is C17H17ClN2O4. The first-order valence-corrected chi connectivity index (χ1v) is 7.47. The normalized spacial score (nSPS) is 9.96. The number of carbonyl (C=O) groups is 2. The van der Waals surface area contributed by atoms with Gasteiger partial charge < -0.3 is 20.1 Å². The third-order valence-electron chi connectivity index (χ3n) is 3.20. The van der Waals surface area contributed by atoms with Crippen LogP contribution in [-0.4, -0.2) is 32.6 Å². The highest BCUT2D eigenvalue weighted by Gasteiger charge is 2.11.